The first-order chi connectivity index (χ1) is 15.8. The third-order valence-corrected chi connectivity index (χ3v) is 5.04. The minimum Gasteiger partial charge on any atom is -0.406 e. The van der Waals surface area contributed by atoms with E-state index in [0.717, 1.165) is 17.7 Å². The van der Waals surface area contributed by atoms with E-state index in [1.807, 2.05) is 36.1 Å². The Morgan fingerprint density at radius 1 is 0.939 bits per heavy atom. The summed E-state index contributed by atoms with van der Waals surface area (Å²) in [4.78, 5) is 20.6. The highest BCUT2D eigenvalue weighted by Crippen LogP contribution is 2.23. The summed E-state index contributed by atoms with van der Waals surface area (Å²) < 4.78 is 40.7. The van der Waals surface area contributed by atoms with Gasteiger partial charge in [-0.25, -0.2) is 4.98 Å². The van der Waals surface area contributed by atoms with Crippen LogP contribution in [0.3, 0.4) is 0 Å². The van der Waals surface area contributed by atoms with E-state index in [0.29, 0.717) is 49.2 Å². The largest absolute Gasteiger partial charge is 0.573 e. The van der Waals surface area contributed by atoms with Gasteiger partial charge in [-0.15, -0.1) is 23.4 Å². The zero-order valence-electron chi connectivity index (χ0n) is 17.7. The number of hydrogen-bond donors (Lipinski definition) is 1. The third-order valence-electron chi connectivity index (χ3n) is 5.04. The van der Waals surface area contributed by atoms with Crippen molar-refractivity contribution in [1.82, 2.24) is 20.1 Å². The van der Waals surface area contributed by atoms with Gasteiger partial charge in [0.15, 0.2) is 11.6 Å². The van der Waals surface area contributed by atoms with Crippen molar-refractivity contribution in [3.63, 3.8) is 0 Å². The number of hydrogen-bond acceptors (Lipinski definition) is 7. The highest BCUT2D eigenvalue weighted by molar-refractivity contribution is 5.94. The molecule has 0 atom stereocenters. The Bertz CT molecular complexity index is 1080. The topological polar surface area (TPSA) is 83.5 Å². The third kappa shape index (κ3) is 5.88. The molecule has 0 aliphatic carbocycles. The molecular formula is C22H21F3N6O2. The van der Waals surface area contributed by atoms with E-state index in [1.165, 1.54) is 12.1 Å². The average molecular weight is 458 g/mol. The second-order valence-electron chi connectivity index (χ2n) is 7.47. The highest BCUT2D eigenvalue weighted by Gasteiger charge is 2.31. The van der Waals surface area contributed by atoms with Crippen LogP contribution in [-0.2, 0) is 0 Å². The fraction of sp³-hybridized carbons (Fsp3) is 0.273. The van der Waals surface area contributed by atoms with E-state index in [2.05, 4.69) is 25.2 Å². The van der Waals surface area contributed by atoms with E-state index < -0.39 is 6.36 Å². The van der Waals surface area contributed by atoms with Gasteiger partial charge >= 0.3 is 6.36 Å². The maximum atomic E-state index is 12.7. The molecule has 0 bridgehead atoms. The molecule has 0 saturated carbocycles. The van der Waals surface area contributed by atoms with Gasteiger partial charge in [0.1, 0.15) is 11.6 Å². The number of aromatic nitrogens is 3. The molecule has 1 saturated heterocycles. The number of carbonyl (C=O) groups excluding carboxylic acids is 1. The van der Waals surface area contributed by atoms with Crippen molar-refractivity contribution in [2.45, 2.75) is 13.3 Å². The number of benzene rings is 1. The number of nitrogens with zero attached hydrogens (tertiary/aromatic N) is 5. The molecule has 0 spiro atoms. The fourth-order valence-corrected chi connectivity index (χ4v) is 3.35. The van der Waals surface area contributed by atoms with Crippen molar-refractivity contribution in [1.29, 1.82) is 0 Å². The minimum atomic E-state index is -4.77. The van der Waals surface area contributed by atoms with Crippen molar-refractivity contribution in [2.24, 2.45) is 0 Å². The van der Waals surface area contributed by atoms with Crippen molar-refractivity contribution in [2.75, 3.05) is 36.4 Å². The van der Waals surface area contributed by atoms with Crippen LogP contribution in [0.25, 0.3) is 0 Å². The van der Waals surface area contributed by atoms with Crippen LogP contribution in [0, 0.1) is 6.92 Å². The number of nitrogens with one attached hydrogen (secondary N) is 1. The molecule has 1 amide bonds. The number of halogens is 3. The summed E-state index contributed by atoms with van der Waals surface area (Å²) in [5.74, 6) is 1.33. The molecule has 3 aromatic rings. The van der Waals surface area contributed by atoms with E-state index in [4.69, 9.17) is 0 Å². The second kappa shape index (κ2) is 9.31. The summed E-state index contributed by atoms with van der Waals surface area (Å²) in [7, 11) is 0. The molecular weight excluding hydrogens is 437 g/mol. The molecule has 1 fully saturated rings. The zero-order chi connectivity index (χ0) is 23.4. The lowest BCUT2D eigenvalue weighted by atomic mass is 10.1. The second-order valence-corrected chi connectivity index (χ2v) is 7.47. The van der Waals surface area contributed by atoms with Crippen LogP contribution < -0.4 is 15.0 Å². The molecule has 0 unspecified atom stereocenters. The first-order valence-corrected chi connectivity index (χ1v) is 10.2. The lowest BCUT2D eigenvalue weighted by Gasteiger charge is -2.35. The Hall–Kier alpha value is -3.89. The fourth-order valence-electron chi connectivity index (χ4n) is 3.35. The number of carbonyl (C=O) groups is 1. The summed E-state index contributed by atoms with van der Waals surface area (Å²) in [6.45, 7) is 3.98. The molecule has 0 radical (unpaired) electrons. The number of alkyl halides is 3. The quantitative estimate of drug-likeness (QED) is 0.623. The van der Waals surface area contributed by atoms with Crippen molar-refractivity contribution < 1.29 is 22.7 Å². The molecule has 1 aliphatic rings. The maximum absolute atomic E-state index is 12.7. The molecule has 11 heteroatoms. The SMILES string of the molecule is Cc1ccc(Nc2ccc(N3CCN(C(=O)c4ccc(OC(F)(F)F)cc4)CC3)nn2)nc1. The van der Waals surface area contributed by atoms with E-state index in [-0.39, 0.29) is 11.7 Å². The number of pyridine rings is 1. The van der Waals surface area contributed by atoms with Crippen LogP contribution in [0.15, 0.2) is 54.7 Å². The van der Waals surface area contributed by atoms with Gasteiger partial charge in [-0.3, -0.25) is 4.79 Å². The van der Waals surface area contributed by atoms with Gasteiger partial charge in [0.2, 0.25) is 0 Å². The predicted molar refractivity (Wildman–Crippen MR) is 116 cm³/mol. The number of aryl methyl sites for hydroxylation is 1. The standard InChI is InChI=1S/C22H21F3N6O2/c1-15-2-7-18(26-14-15)27-19-8-9-20(29-28-19)30-10-12-31(13-11-30)21(32)16-3-5-17(6-4-16)33-22(23,24)25/h2-9,14H,10-13H2,1H3,(H,26,27,28). The number of piperazine rings is 1. The summed E-state index contributed by atoms with van der Waals surface area (Å²) in [6.07, 6.45) is -3.01. The van der Waals surface area contributed by atoms with Gasteiger partial charge in [0.25, 0.3) is 5.91 Å². The molecule has 8 nitrogen and oxygen atoms in total. The molecule has 1 aliphatic heterocycles. The van der Waals surface area contributed by atoms with Gasteiger partial charge in [0.05, 0.1) is 0 Å². The zero-order valence-corrected chi connectivity index (χ0v) is 17.7. The van der Waals surface area contributed by atoms with Crippen LogP contribution in [0.1, 0.15) is 15.9 Å². The van der Waals surface area contributed by atoms with Crippen LogP contribution >= 0.6 is 0 Å². The van der Waals surface area contributed by atoms with Crippen molar-refractivity contribution in [3.05, 3.63) is 65.9 Å². The molecule has 2 aromatic heterocycles. The molecule has 33 heavy (non-hydrogen) atoms. The van der Waals surface area contributed by atoms with Crippen molar-refractivity contribution >= 4 is 23.4 Å². The number of anilines is 3. The monoisotopic (exact) mass is 458 g/mol. The highest BCUT2D eigenvalue weighted by atomic mass is 19.4. The Morgan fingerprint density at radius 3 is 2.21 bits per heavy atom. The van der Waals surface area contributed by atoms with Gasteiger partial charge in [-0.2, -0.15) is 0 Å². The van der Waals surface area contributed by atoms with Crippen molar-refractivity contribution in [3.8, 4) is 5.75 Å². The molecule has 1 N–H and O–H groups in total. The van der Waals surface area contributed by atoms with Gasteiger partial charge in [-0.1, -0.05) is 6.07 Å². The van der Waals surface area contributed by atoms with E-state index in [9.17, 15) is 18.0 Å². The summed E-state index contributed by atoms with van der Waals surface area (Å²) in [5, 5.41) is 11.5. The first-order valence-electron chi connectivity index (χ1n) is 10.2. The lowest BCUT2D eigenvalue weighted by molar-refractivity contribution is -0.274. The summed E-state index contributed by atoms with van der Waals surface area (Å²) in [6, 6.07) is 12.4. The van der Waals surface area contributed by atoms with Gasteiger partial charge in [0, 0.05) is 37.9 Å². The average Bonchev–Trinajstić information content (AvgIpc) is 2.80. The molecule has 1 aromatic carbocycles. The molecule has 3 heterocycles. The van der Waals surface area contributed by atoms with E-state index >= 15 is 0 Å². The number of amides is 1. The molecule has 4 rings (SSSR count). The van der Waals surface area contributed by atoms with Gasteiger partial charge in [-0.05, 0) is 55.0 Å². The normalized spacial score (nSPS) is 14.2. The van der Waals surface area contributed by atoms with Crippen LogP contribution in [0.5, 0.6) is 5.75 Å². The number of rotatable bonds is 5. The Balaban J connectivity index is 1.31. The lowest BCUT2D eigenvalue weighted by Crippen LogP contribution is -2.49. The van der Waals surface area contributed by atoms with Crippen LogP contribution in [-0.4, -0.2) is 58.5 Å². The van der Waals surface area contributed by atoms with Crippen LogP contribution in [0.2, 0.25) is 0 Å². The number of ether oxygens (including phenoxy) is 1. The summed E-state index contributed by atoms with van der Waals surface area (Å²) >= 11 is 0. The van der Waals surface area contributed by atoms with Gasteiger partial charge < -0.3 is 19.9 Å². The maximum Gasteiger partial charge on any atom is 0.573 e. The smallest absolute Gasteiger partial charge is 0.406 e. The first kappa shape index (κ1) is 22.3. The Labute approximate surface area is 188 Å². The Kier molecular flexibility index (Phi) is 6.29. The van der Waals surface area contributed by atoms with Crippen LogP contribution in [0.4, 0.5) is 30.6 Å². The van der Waals surface area contributed by atoms with E-state index in [1.54, 1.807) is 11.1 Å². The predicted octanol–water partition coefficient (Wildman–Crippen LogP) is 3.78. The molecule has 172 valence electrons. The minimum absolute atomic E-state index is 0.246. The Morgan fingerprint density at radius 2 is 1.64 bits per heavy atom. The summed E-state index contributed by atoms with van der Waals surface area (Å²) in [5.41, 5.74) is 1.37.